The van der Waals surface area contributed by atoms with Gasteiger partial charge in [-0.3, -0.25) is 19.5 Å². The van der Waals surface area contributed by atoms with E-state index in [4.69, 9.17) is 5.73 Å². The van der Waals surface area contributed by atoms with Crippen molar-refractivity contribution in [2.45, 2.75) is 25.3 Å². The van der Waals surface area contributed by atoms with Crippen molar-refractivity contribution in [2.75, 3.05) is 7.05 Å². The Morgan fingerprint density at radius 3 is 2.66 bits per heavy atom. The molecule has 2 N–H and O–H groups in total. The molecule has 6 nitrogen and oxygen atoms in total. The standard InChI is InChI=1S/C23H22N4O2/c1-23(13-21(29)27(2)22(24)26-23)18-9-5-6-15(10-18)11-20(28)19-12-16-7-3-4-8-17(16)14-25-19/h3-10,12,14H,11,13H2,1-2H3,(H2,24,26). The minimum Gasteiger partial charge on any atom is -0.369 e. The van der Waals surface area contributed by atoms with Gasteiger partial charge in [0.15, 0.2) is 11.7 Å². The van der Waals surface area contributed by atoms with Crippen LogP contribution >= 0.6 is 0 Å². The van der Waals surface area contributed by atoms with E-state index in [1.54, 1.807) is 13.2 Å². The third-order valence-electron chi connectivity index (χ3n) is 5.40. The first kappa shape index (κ1) is 18.8. The maximum Gasteiger partial charge on any atom is 0.231 e. The number of aromatic nitrogens is 1. The molecule has 1 unspecified atom stereocenters. The first-order valence-corrected chi connectivity index (χ1v) is 9.45. The SMILES string of the molecule is CN1C(=O)CC(C)(c2cccc(CC(=O)c3cc4ccccc4cn3)c2)N=C1N. The summed E-state index contributed by atoms with van der Waals surface area (Å²) in [6.07, 6.45) is 2.18. The van der Waals surface area contributed by atoms with Gasteiger partial charge in [-0.1, -0.05) is 48.5 Å². The van der Waals surface area contributed by atoms with Crippen molar-refractivity contribution in [1.82, 2.24) is 9.88 Å². The number of rotatable bonds is 4. The lowest BCUT2D eigenvalue weighted by Gasteiger charge is -2.33. The zero-order valence-corrected chi connectivity index (χ0v) is 16.4. The summed E-state index contributed by atoms with van der Waals surface area (Å²) >= 11 is 0. The van der Waals surface area contributed by atoms with Crippen LogP contribution in [-0.4, -0.2) is 34.6 Å². The lowest BCUT2D eigenvalue weighted by atomic mass is 9.86. The molecule has 2 aromatic carbocycles. The zero-order valence-electron chi connectivity index (χ0n) is 16.4. The fourth-order valence-electron chi connectivity index (χ4n) is 3.60. The molecular weight excluding hydrogens is 364 g/mol. The molecule has 0 radical (unpaired) electrons. The highest BCUT2D eigenvalue weighted by molar-refractivity contribution is 5.99. The van der Waals surface area contributed by atoms with Gasteiger partial charge in [0.05, 0.1) is 12.0 Å². The van der Waals surface area contributed by atoms with Crippen molar-refractivity contribution in [1.29, 1.82) is 0 Å². The summed E-state index contributed by atoms with van der Waals surface area (Å²) in [6, 6.07) is 17.3. The molecule has 1 aromatic heterocycles. The summed E-state index contributed by atoms with van der Waals surface area (Å²) in [5, 5.41) is 1.99. The van der Waals surface area contributed by atoms with E-state index in [1.165, 1.54) is 4.90 Å². The van der Waals surface area contributed by atoms with Gasteiger partial charge >= 0.3 is 0 Å². The number of amides is 1. The minimum atomic E-state index is -0.742. The Labute approximate surface area is 169 Å². The van der Waals surface area contributed by atoms with Crippen LogP contribution in [0.5, 0.6) is 0 Å². The molecule has 1 atom stereocenters. The van der Waals surface area contributed by atoms with Gasteiger partial charge < -0.3 is 5.73 Å². The van der Waals surface area contributed by atoms with Gasteiger partial charge in [0, 0.05) is 25.1 Å². The highest BCUT2D eigenvalue weighted by atomic mass is 16.2. The third-order valence-corrected chi connectivity index (χ3v) is 5.40. The number of benzene rings is 2. The highest BCUT2D eigenvalue weighted by Crippen LogP contribution is 2.33. The lowest BCUT2D eigenvalue weighted by molar-refractivity contribution is -0.128. The number of aliphatic imine (C=N–C) groups is 1. The average molecular weight is 386 g/mol. The summed E-state index contributed by atoms with van der Waals surface area (Å²) in [4.78, 5) is 35.3. The Kier molecular flexibility index (Phi) is 4.62. The van der Waals surface area contributed by atoms with Gasteiger partial charge in [-0.05, 0) is 29.5 Å². The molecule has 0 aliphatic carbocycles. The highest BCUT2D eigenvalue weighted by Gasteiger charge is 2.36. The monoisotopic (exact) mass is 386 g/mol. The van der Waals surface area contributed by atoms with Crippen LogP contribution in [0.1, 0.15) is 35.0 Å². The van der Waals surface area contributed by atoms with E-state index in [9.17, 15) is 9.59 Å². The quantitative estimate of drug-likeness (QED) is 0.698. The Hall–Kier alpha value is -3.54. The van der Waals surface area contributed by atoms with Crippen LogP contribution in [0, 0.1) is 0 Å². The van der Waals surface area contributed by atoms with Crippen molar-refractivity contribution >= 4 is 28.4 Å². The fraction of sp³-hybridized carbons (Fsp3) is 0.217. The van der Waals surface area contributed by atoms with Gasteiger partial charge in [-0.2, -0.15) is 0 Å². The first-order valence-electron chi connectivity index (χ1n) is 9.45. The molecule has 0 saturated carbocycles. The van der Waals surface area contributed by atoms with Crippen molar-refractivity contribution in [3.63, 3.8) is 0 Å². The van der Waals surface area contributed by atoms with Crippen molar-refractivity contribution < 1.29 is 9.59 Å². The van der Waals surface area contributed by atoms with E-state index >= 15 is 0 Å². The number of Topliss-reactive ketones (excluding diaryl/α,β-unsaturated/α-hetero) is 1. The molecule has 0 bridgehead atoms. The summed E-state index contributed by atoms with van der Waals surface area (Å²) in [5.74, 6) is 0.0629. The first-order chi connectivity index (χ1) is 13.9. The molecule has 146 valence electrons. The molecule has 0 spiro atoms. The molecule has 3 aromatic rings. The predicted molar refractivity (Wildman–Crippen MR) is 113 cm³/mol. The van der Waals surface area contributed by atoms with Gasteiger partial charge in [0.2, 0.25) is 5.91 Å². The number of guanidine groups is 1. The number of hydrogen-bond acceptors (Lipinski definition) is 5. The van der Waals surface area contributed by atoms with E-state index in [0.717, 1.165) is 21.9 Å². The Morgan fingerprint density at radius 2 is 1.90 bits per heavy atom. The summed E-state index contributed by atoms with van der Waals surface area (Å²) < 4.78 is 0. The lowest BCUT2D eigenvalue weighted by Crippen LogP contribution is -2.47. The van der Waals surface area contributed by atoms with E-state index in [0.29, 0.717) is 5.69 Å². The summed E-state index contributed by atoms with van der Waals surface area (Å²) in [5.41, 5.74) is 7.32. The van der Waals surface area contributed by atoms with Crippen LogP contribution < -0.4 is 5.73 Å². The number of fused-ring (bicyclic) bond motifs is 1. The molecule has 1 aliphatic heterocycles. The summed E-state index contributed by atoms with van der Waals surface area (Å²) in [7, 11) is 1.62. The largest absolute Gasteiger partial charge is 0.369 e. The normalized spacial score (nSPS) is 19.3. The smallest absolute Gasteiger partial charge is 0.231 e. The van der Waals surface area contributed by atoms with Crippen LogP contribution in [-0.2, 0) is 16.8 Å². The minimum absolute atomic E-state index is 0.0551. The molecule has 1 amide bonds. The molecule has 29 heavy (non-hydrogen) atoms. The van der Waals surface area contributed by atoms with E-state index in [1.807, 2.05) is 61.5 Å². The Morgan fingerprint density at radius 1 is 1.14 bits per heavy atom. The van der Waals surface area contributed by atoms with Crippen LogP contribution in [0.15, 0.2) is 65.8 Å². The molecular formula is C23H22N4O2. The third kappa shape index (κ3) is 3.61. The number of ketones is 1. The molecule has 4 rings (SSSR count). The molecule has 6 heteroatoms. The predicted octanol–water partition coefficient (Wildman–Crippen LogP) is 3.05. The van der Waals surface area contributed by atoms with Crippen molar-refractivity contribution in [2.24, 2.45) is 10.7 Å². The number of carbonyl (C=O) groups excluding carboxylic acids is 2. The average Bonchev–Trinajstić information content (AvgIpc) is 2.72. The zero-order chi connectivity index (χ0) is 20.6. The topological polar surface area (TPSA) is 88.7 Å². The maximum absolute atomic E-state index is 12.8. The molecule has 0 fully saturated rings. The Balaban J connectivity index is 1.60. The molecule has 2 heterocycles. The second-order valence-electron chi connectivity index (χ2n) is 7.59. The van der Waals surface area contributed by atoms with Crippen molar-refractivity contribution in [3.05, 3.63) is 77.6 Å². The van der Waals surface area contributed by atoms with Gasteiger partial charge in [-0.15, -0.1) is 0 Å². The van der Waals surface area contributed by atoms with Crippen LogP contribution in [0.3, 0.4) is 0 Å². The number of hydrogen-bond donors (Lipinski definition) is 1. The van der Waals surface area contributed by atoms with Crippen LogP contribution in [0.25, 0.3) is 10.8 Å². The number of pyridine rings is 1. The number of nitrogens with zero attached hydrogens (tertiary/aromatic N) is 3. The van der Waals surface area contributed by atoms with Gasteiger partial charge in [0.25, 0.3) is 0 Å². The fourth-order valence-corrected chi connectivity index (χ4v) is 3.60. The second-order valence-corrected chi connectivity index (χ2v) is 7.59. The molecule has 1 aliphatic rings. The van der Waals surface area contributed by atoms with Crippen LogP contribution in [0.4, 0.5) is 0 Å². The van der Waals surface area contributed by atoms with E-state index in [-0.39, 0.29) is 30.5 Å². The van der Waals surface area contributed by atoms with Crippen molar-refractivity contribution in [3.8, 4) is 0 Å². The van der Waals surface area contributed by atoms with E-state index < -0.39 is 5.54 Å². The van der Waals surface area contributed by atoms with Gasteiger partial charge in [-0.25, -0.2) is 4.99 Å². The van der Waals surface area contributed by atoms with Crippen LogP contribution in [0.2, 0.25) is 0 Å². The van der Waals surface area contributed by atoms with E-state index in [2.05, 4.69) is 9.98 Å². The Bertz CT molecular complexity index is 1150. The molecule has 0 saturated heterocycles. The summed E-state index contributed by atoms with van der Waals surface area (Å²) in [6.45, 7) is 1.89. The van der Waals surface area contributed by atoms with Gasteiger partial charge in [0.1, 0.15) is 5.69 Å². The maximum atomic E-state index is 12.8. The second kappa shape index (κ2) is 7.13. The number of carbonyl (C=O) groups is 2. The number of nitrogens with two attached hydrogens (primary N) is 1.